The van der Waals surface area contributed by atoms with E-state index in [1.807, 2.05) is 6.07 Å². The standard InChI is InChI=1S/C26H29F3N2O3/c1-31-17-25(34)13-6-5-12-24(25,19-10-7-11-20(32)15-19)16-22(31)30-23(33)21(26(27,28)29)14-18-8-3-2-4-9-18/h2-4,7-11,14-15,22,32,34H,5-6,12-13,16-17H2,1H3,(H,30,33)/t22-,24-,25?/m0/s1. The van der Waals surface area contributed by atoms with E-state index in [2.05, 4.69) is 5.32 Å². The number of piperidine rings is 1. The van der Waals surface area contributed by atoms with Crippen LogP contribution in [0.4, 0.5) is 13.2 Å². The number of phenols is 1. The molecule has 1 saturated carbocycles. The van der Waals surface area contributed by atoms with Crippen LogP contribution in [0.3, 0.4) is 0 Å². The summed E-state index contributed by atoms with van der Waals surface area (Å²) in [5.74, 6) is -1.15. The number of benzene rings is 2. The van der Waals surface area contributed by atoms with Crippen molar-refractivity contribution in [3.8, 4) is 5.75 Å². The van der Waals surface area contributed by atoms with Crippen molar-refractivity contribution in [1.82, 2.24) is 10.2 Å². The first-order chi connectivity index (χ1) is 16.0. The highest BCUT2D eigenvalue weighted by atomic mass is 19.4. The third-order valence-corrected chi connectivity index (χ3v) is 7.28. The molecule has 2 aromatic rings. The Hall–Kier alpha value is -2.84. The number of nitrogens with one attached hydrogen (secondary N) is 1. The Morgan fingerprint density at radius 1 is 1.12 bits per heavy atom. The number of nitrogens with zero attached hydrogens (tertiary/aromatic N) is 1. The van der Waals surface area contributed by atoms with Gasteiger partial charge >= 0.3 is 6.18 Å². The molecule has 1 saturated heterocycles. The van der Waals surface area contributed by atoms with Crippen LogP contribution in [0.15, 0.2) is 60.2 Å². The van der Waals surface area contributed by atoms with Gasteiger partial charge in [-0.15, -0.1) is 0 Å². The lowest BCUT2D eigenvalue weighted by Crippen LogP contribution is -2.69. The van der Waals surface area contributed by atoms with E-state index in [1.165, 1.54) is 12.1 Å². The van der Waals surface area contributed by atoms with Gasteiger partial charge in [0.15, 0.2) is 0 Å². The predicted octanol–water partition coefficient (Wildman–Crippen LogP) is 4.36. The van der Waals surface area contributed by atoms with E-state index in [1.54, 1.807) is 48.3 Å². The van der Waals surface area contributed by atoms with Crippen LogP contribution in [-0.4, -0.2) is 52.6 Å². The van der Waals surface area contributed by atoms with Crippen molar-refractivity contribution in [3.63, 3.8) is 0 Å². The molecule has 3 atom stereocenters. The molecular formula is C26H29F3N2O3. The van der Waals surface area contributed by atoms with Gasteiger partial charge in [0.25, 0.3) is 5.91 Å². The lowest BCUT2D eigenvalue weighted by atomic mass is 9.55. The second-order valence-corrected chi connectivity index (χ2v) is 9.45. The van der Waals surface area contributed by atoms with Crippen LogP contribution in [0.1, 0.15) is 43.2 Å². The number of phenolic OH excluding ortho intramolecular Hbond substituents is 1. The maximum Gasteiger partial charge on any atom is 0.421 e. The largest absolute Gasteiger partial charge is 0.508 e. The van der Waals surface area contributed by atoms with Gasteiger partial charge in [0, 0.05) is 12.0 Å². The number of likely N-dealkylation sites (N-methyl/N-ethyl adjacent to an activating group) is 1. The number of carbonyl (C=O) groups is 1. The number of rotatable bonds is 4. The number of carbonyl (C=O) groups excluding carboxylic acids is 1. The first-order valence-electron chi connectivity index (χ1n) is 11.4. The number of hydrogen-bond donors (Lipinski definition) is 3. The molecule has 4 rings (SSSR count). The summed E-state index contributed by atoms with van der Waals surface area (Å²) in [7, 11) is 1.69. The van der Waals surface area contributed by atoms with Crippen molar-refractivity contribution in [1.29, 1.82) is 0 Å². The van der Waals surface area contributed by atoms with Crippen molar-refractivity contribution in [2.75, 3.05) is 13.6 Å². The zero-order valence-electron chi connectivity index (χ0n) is 19.0. The number of aromatic hydroxyl groups is 1. The topological polar surface area (TPSA) is 72.8 Å². The van der Waals surface area contributed by atoms with Crippen LogP contribution in [0.25, 0.3) is 6.08 Å². The highest BCUT2D eigenvalue weighted by Crippen LogP contribution is 2.53. The Morgan fingerprint density at radius 2 is 1.82 bits per heavy atom. The quantitative estimate of drug-likeness (QED) is 0.576. The van der Waals surface area contributed by atoms with E-state index in [0.29, 0.717) is 12.8 Å². The van der Waals surface area contributed by atoms with Crippen molar-refractivity contribution in [3.05, 3.63) is 71.3 Å². The molecule has 182 valence electrons. The highest BCUT2D eigenvalue weighted by molar-refractivity contribution is 5.99. The molecule has 3 N–H and O–H groups in total. The predicted molar refractivity (Wildman–Crippen MR) is 123 cm³/mol. The summed E-state index contributed by atoms with van der Waals surface area (Å²) in [5, 5.41) is 24.4. The van der Waals surface area contributed by atoms with Gasteiger partial charge < -0.3 is 15.5 Å². The molecule has 0 spiro atoms. The van der Waals surface area contributed by atoms with E-state index in [4.69, 9.17) is 0 Å². The zero-order valence-corrected chi connectivity index (χ0v) is 19.0. The monoisotopic (exact) mass is 474 g/mol. The maximum atomic E-state index is 13.8. The average molecular weight is 475 g/mol. The zero-order chi connectivity index (χ0) is 24.6. The summed E-state index contributed by atoms with van der Waals surface area (Å²) in [6.45, 7) is 0.192. The number of fused-ring (bicyclic) bond motifs is 1. The third kappa shape index (κ3) is 4.57. The number of amides is 1. The van der Waals surface area contributed by atoms with Crippen LogP contribution in [0.5, 0.6) is 5.75 Å². The summed E-state index contributed by atoms with van der Waals surface area (Å²) in [5.41, 5.74) is -2.18. The molecule has 2 aliphatic rings. The van der Waals surface area contributed by atoms with E-state index >= 15 is 0 Å². The van der Waals surface area contributed by atoms with Crippen LogP contribution < -0.4 is 5.32 Å². The van der Waals surface area contributed by atoms with Gasteiger partial charge in [0.1, 0.15) is 11.3 Å². The molecule has 2 fully saturated rings. The fraction of sp³-hybridized carbons (Fsp3) is 0.423. The summed E-state index contributed by atoms with van der Waals surface area (Å²) < 4.78 is 41.4. The van der Waals surface area contributed by atoms with E-state index in [9.17, 15) is 28.2 Å². The fourth-order valence-electron chi connectivity index (χ4n) is 5.56. The summed E-state index contributed by atoms with van der Waals surface area (Å²) in [6, 6.07) is 14.6. The highest BCUT2D eigenvalue weighted by Gasteiger charge is 2.58. The molecule has 34 heavy (non-hydrogen) atoms. The number of alkyl halides is 3. The molecule has 1 heterocycles. The SMILES string of the molecule is CN1CC2(O)CCCC[C@@]2(c2cccc(O)c2)C[C@H]1NC(=O)C(=Cc1ccccc1)C(F)(F)F. The number of hydrogen-bond acceptors (Lipinski definition) is 4. The number of aliphatic hydroxyl groups is 1. The van der Waals surface area contributed by atoms with Gasteiger partial charge in [-0.25, -0.2) is 0 Å². The van der Waals surface area contributed by atoms with Crippen molar-refractivity contribution >= 4 is 12.0 Å². The van der Waals surface area contributed by atoms with Crippen LogP contribution >= 0.6 is 0 Å². The van der Waals surface area contributed by atoms with Gasteiger partial charge in [-0.05, 0) is 55.6 Å². The molecule has 1 amide bonds. The van der Waals surface area contributed by atoms with Crippen LogP contribution in [0, 0.1) is 0 Å². The first-order valence-corrected chi connectivity index (χ1v) is 11.4. The van der Waals surface area contributed by atoms with Crippen LogP contribution in [0.2, 0.25) is 0 Å². The number of likely N-dealkylation sites (tertiary alicyclic amines) is 1. The molecule has 1 unspecified atom stereocenters. The lowest BCUT2D eigenvalue weighted by molar-refractivity contribution is -0.147. The number of halogens is 3. The second kappa shape index (κ2) is 9.07. The minimum atomic E-state index is -4.83. The Labute approximate surface area is 196 Å². The van der Waals surface area contributed by atoms with E-state index < -0.39 is 34.8 Å². The van der Waals surface area contributed by atoms with Gasteiger partial charge in [-0.2, -0.15) is 13.2 Å². The smallest absolute Gasteiger partial charge is 0.421 e. The molecule has 2 aromatic carbocycles. The maximum absolute atomic E-state index is 13.8. The minimum Gasteiger partial charge on any atom is -0.508 e. The fourth-order valence-corrected chi connectivity index (χ4v) is 5.56. The summed E-state index contributed by atoms with van der Waals surface area (Å²) in [4.78, 5) is 14.6. The van der Waals surface area contributed by atoms with Crippen molar-refractivity contribution in [2.45, 2.75) is 55.5 Å². The van der Waals surface area contributed by atoms with E-state index in [-0.39, 0.29) is 24.3 Å². The normalized spacial score (nSPS) is 28.3. The third-order valence-electron chi connectivity index (χ3n) is 7.28. The van der Waals surface area contributed by atoms with Gasteiger partial charge in [0.2, 0.25) is 0 Å². The molecule has 0 aromatic heterocycles. The van der Waals surface area contributed by atoms with Gasteiger partial charge in [-0.3, -0.25) is 9.69 Å². The van der Waals surface area contributed by atoms with Gasteiger partial charge in [-0.1, -0.05) is 55.3 Å². The van der Waals surface area contributed by atoms with Crippen LogP contribution in [-0.2, 0) is 10.2 Å². The van der Waals surface area contributed by atoms with Crippen molar-refractivity contribution < 1.29 is 28.2 Å². The molecule has 1 aliphatic carbocycles. The second-order valence-electron chi connectivity index (χ2n) is 9.45. The molecule has 1 aliphatic heterocycles. The van der Waals surface area contributed by atoms with E-state index in [0.717, 1.165) is 24.5 Å². The molecule has 5 nitrogen and oxygen atoms in total. The summed E-state index contributed by atoms with van der Waals surface area (Å²) in [6.07, 6.45) is -1.67. The lowest BCUT2D eigenvalue weighted by Gasteiger charge is -2.58. The Morgan fingerprint density at radius 3 is 2.50 bits per heavy atom. The Kier molecular flexibility index (Phi) is 6.48. The molecule has 8 heteroatoms. The Balaban J connectivity index is 1.67. The minimum absolute atomic E-state index is 0.0597. The van der Waals surface area contributed by atoms with Gasteiger partial charge in [0.05, 0.1) is 11.8 Å². The first kappa shape index (κ1) is 24.3. The number of β-amino-alcohol motifs (C(OH)–C–C–N with tert-alkyl or cyclic N) is 1. The summed E-state index contributed by atoms with van der Waals surface area (Å²) >= 11 is 0. The molecule has 0 radical (unpaired) electrons. The average Bonchev–Trinajstić information content (AvgIpc) is 2.78. The molecule has 0 bridgehead atoms. The Bertz CT molecular complexity index is 1070. The van der Waals surface area contributed by atoms with Crippen molar-refractivity contribution in [2.24, 2.45) is 0 Å². The molecular weight excluding hydrogens is 445 g/mol.